The molecule has 3 aromatic rings. The van der Waals surface area contributed by atoms with E-state index in [0.717, 1.165) is 34.5 Å². The fraction of sp³-hybridized carbons (Fsp3) is 0.118. The van der Waals surface area contributed by atoms with E-state index in [0.29, 0.717) is 22.8 Å². The molecule has 0 bridgehead atoms. The molecular formula is C17H12F2N2S. The Morgan fingerprint density at radius 3 is 2.73 bits per heavy atom. The van der Waals surface area contributed by atoms with Crippen LogP contribution >= 0.6 is 12.2 Å². The molecule has 5 heteroatoms. The summed E-state index contributed by atoms with van der Waals surface area (Å²) in [5, 5.41) is 4.23. The fourth-order valence-corrected chi connectivity index (χ4v) is 3.35. The summed E-state index contributed by atoms with van der Waals surface area (Å²) in [7, 11) is 0. The first kappa shape index (κ1) is 13.4. The van der Waals surface area contributed by atoms with E-state index >= 15 is 0 Å². The summed E-state index contributed by atoms with van der Waals surface area (Å²) < 4.78 is 27.3. The minimum Gasteiger partial charge on any atom is -0.375 e. The molecule has 110 valence electrons. The van der Waals surface area contributed by atoms with Gasteiger partial charge in [-0.25, -0.2) is 8.78 Å². The highest BCUT2D eigenvalue weighted by Crippen LogP contribution is 2.35. The molecule has 4 rings (SSSR count). The normalized spacial score (nSPS) is 14.0. The molecule has 0 spiro atoms. The van der Waals surface area contributed by atoms with Gasteiger partial charge in [-0.2, -0.15) is 0 Å². The second kappa shape index (κ2) is 4.88. The van der Waals surface area contributed by atoms with E-state index in [4.69, 9.17) is 12.2 Å². The van der Waals surface area contributed by atoms with Gasteiger partial charge >= 0.3 is 0 Å². The first-order valence-corrected chi connectivity index (χ1v) is 7.43. The van der Waals surface area contributed by atoms with Crippen LogP contribution in [0.4, 0.5) is 8.78 Å². The minimum absolute atomic E-state index is 0.381. The monoisotopic (exact) mass is 314 g/mol. The van der Waals surface area contributed by atoms with Crippen LogP contribution in [0.2, 0.25) is 0 Å². The van der Waals surface area contributed by atoms with Crippen molar-refractivity contribution in [3.8, 4) is 11.3 Å². The van der Waals surface area contributed by atoms with Crippen LogP contribution in [0.5, 0.6) is 0 Å². The number of hydrogen-bond acceptors (Lipinski definition) is 1. The maximum Gasteiger partial charge on any atom is 0.135 e. The van der Waals surface area contributed by atoms with E-state index in [9.17, 15) is 8.78 Å². The number of aromatic amines is 1. The van der Waals surface area contributed by atoms with Crippen LogP contribution in [-0.4, -0.2) is 16.5 Å². The van der Waals surface area contributed by atoms with Gasteiger partial charge in [0.2, 0.25) is 0 Å². The van der Waals surface area contributed by atoms with E-state index in [-0.39, 0.29) is 0 Å². The second-order valence-electron chi connectivity index (χ2n) is 5.34. The van der Waals surface area contributed by atoms with Gasteiger partial charge in [0, 0.05) is 34.6 Å². The van der Waals surface area contributed by atoms with Crippen LogP contribution in [0.3, 0.4) is 0 Å². The van der Waals surface area contributed by atoms with E-state index in [1.165, 1.54) is 12.1 Å². The van der Waals surface area contributed by atoms with E-state index in [1.54, 1.807) is 0 Å². The Labute approximate surface area is 131 Å². The third-order valence-corrected chi connectivity index (χ3v) is 4.40. The first-order chi connectivity index (χ1) is 10.6. The lowest BCUT2D eigenvalue weighted by Crippen LogP contribution is -2.22. The van der Waals surface area contributed by atoms with Crippen LogP contribution in [0, 0.1) is 11.6 Å². The van der Waals surface area contributed by atoms with Crippen molar-refractivity contribution in [2.24, 2.45) is 0 Å². The molecule has 2 nitrogen and oxygen atoms in total. The summed E-state index contributed by atoms with van der Waals surface area (Å²) in [4.78, 5) is 3.97. The van der Waals surface area contributed by atoms with Gasteiger partial charge in [-0.15, -0.1) is 0 Å². The predicted octanol–water partition coefficient (Wildman–Crippen LogP) is 3.93. The number of aromatic nitrogens is 1. The van der Waals surface area contributed by atoms with Crippen molar-refractivity contribution >= 4 is 28.1 Å². The molecule has 0 amide bonds. The summed E-state index contributed by atoms with van der Waals surface area (Å²) in [6, 6.07) is 9.49. The molecule has 0 fully saturated rings. The zero-order valence-corrected chi connectivity index (χ0v) is 12.4. The summed E-state index contributed by atoms with van der Waals surface area (Å²) in [5.41, 5.74) is 3.96. The lowest BCUT2D eigenvalue weighted by atomic mass is 10.0. The molecule has 0 aliphatic carbocycles. The van der Waals surface area contributed by atoms with Crippen LogP contribution < -0.4 is 5.32 Å². The molecule has 2 heterocycles. The lowest BCUT2D eigenvalue weighted by Gasteiger charge is -2.06. The minimum atomic E-state index is -0.577. The summed E-state index contributed by atoms with van der Waals surface area (Å²) in [6.45, 7) is 0.691. The Balaban J connectivity index is 2.05. The van der Waals surface area contributed by atoms with Crippen LogP contribution in [0.1, 0.15) is 11.1 Å². The number of H-pyrrole nitrogens is 1. The number of halogens is 2. The Morgan fingerprint density at radius 1 is 1.05 bits per heavy atom. The Morgan fingerprint density at radius 2 is 1.91 bits per heavy atom. The summed E-state index contributed by atoms with van der Waals surface area (Å²) in [5.74, 6) is -1.14. The lowest BCUT2D eigenvalue weighted by molar-refractivity contribution is 0.585. The van der Waals surface area contributed by atoms with Gasteiger partial charge < -0.3 is 10.3 Å². The molecule has 1 aliphatic heterocycles. The van der Waals surface area contributed by atoms with Crippen molar-refractivity contribution in [2.45, 2.75) is 6.42 Å². The standard InChI is InChI=1S/C17H12F2N2S/c18-9-4-5-10(13(19)8-9)16-11-6-7-20-17(22)12-2-1-3-14(21-16)15(11)12/h1-5,8,21H,6-7H2,(H,20,22). The van der Waals surface area contributed by atoms with Gasteiger partial charge in [0.05, 0.1) is 5.69 Å². The molecule has 22 heavy (non-hydrogen) atoms. The number of benzene rings is 2. The van der Waals surface area contributed by atoms with Crippen LogP contribution in [0.25, 0.3) is 22.2 Å². The van der Waals surface area contributed by atoms with Crippen molar-refractivity contribution in [3.05, 3.63) is 59.2 Å². The molecule has 2 aromatic carbocycles. The molecule has 1 aromatic heterocycles. The van der Waals surface area contributed by atoms with Crippen molar-refractivity contribution in [3.63, 3.8) is 0 Å². The van der Waals surface area contributed by atoms with Gasteiger partial charge in [0.15, 0.2) is 0 Å². The Hall–Kier alpha value is -2.27. The molecule has 0 saturated carbocycles. The number of nitrogens with one attached hydrogen (secondary N) is 2. The average Bonchev–Trinajstić information content (AvgIpc) is 2.76. The number of hydrogen-bond donors (Lipinski definition) is 2. The van der Waals surface area contributed by atoms with Crippen molar-refractivity contribution in [1.82, 2.24) is 10.3 Å². The highest BCUT2D eigenvalue weighted by atomic mass is 32.1. The van der Waals surface area contributed by atoms with Crippen molar-refractivity contribution < 1.29 is 8.78 Å². The molecular weight excluding hydrogens is 302 g/mol. The van der Waals surface area contributed by atoms with Crippen molar-refractivity contribution in [1.29, 1.82) is 0 Å². The zero-order chi connectivity index (χ0) is 15.3. The third kappa shape index (κ3) is 1.93. The largest absolute Gasteiger partial charge is 0.375 e. The maximum absolute atomic E-state index is 14.2. The highest BCUT2D eigenvalue weighted by molar-refractivity contribution is 7.80. The van der Waals surface area contributed by atoms with Crippen LogP contribution in [-0.2, 0) is 6.42 Å². The number of rotatable bonds is 1. The predicted molar refractivity (Wildman–Crippen MR) is 87.1 cm³/mol. The van der Waals surface area contributed by atoms with E-state index < -0.39 is 11.6 Å². The SMILES string of the molecule is Fc1ccc(-c2[nH]c3cccc4c3c2CCNC4=S)c(F)c1. The fourth-order valence-electron chi connectivity index (χ4n) is 3.07. The second-order valence-corrected chi connectivity index (χ2v) is 5.75. The van der Waals surface area contributed by atoms with Crippen molar-refractivity contribution in [2.75, 3.05) is 6.54 Å². The maximum atomic E-state index is 14.2. The summed E-state index contributed by atoms with van der Waals surface area (Å²) in [6.07, 6.45) is 0.725. The van der Waals surface area contributed by atoms with Gasteiger partial charge in [0.25, 0.3) is 0 Å². The van der Waals surface area contributed by atoms with Gasteiger partial charge in [0.1, 0.15) is 16.6 Å². The smallest absolute Gasteiger partial charge is 0.135 e. The van der Waals surface area contributed by atoms with E-state index in [2.05, 4.69) is 10.3 Å². The zero-order valence-electron chi connectivity index (χ0n) is 11.5. The Kier molecular flexibility index (Phi) is 2.97. The quantitative estimate of drug-likeness (QED) is 0.666. The molecule has 1 aliphatic rings. The first-order valence-electron chi connectivity index (χ1n) is 7.02. The van der Waals surface area contributed by atoms with Gasteiger partial charge in [-0.05, 0) is 30.2 Å². The molecule has 2 N–H and O–H groups in total. The topological polar surface area (TPSA) is 27.8 Å². The van der Waals surface area contributed by atoms with E-state index in [1.807, 2.05) is 18.2 Å². The molecule has 0 unspecified atom stereocenters. The number of thiocarbonyl (C=S) groups is 1. The van der Waals surface area contributed by atoms with Gasteiger partial charge in [-0.3, -0.25) is 0 Å². The molecule has 0 saturated heterocycles. The third-order valence-electron chi connectivity index (χ3n) is 4.03. The highest BCUT2D eigenvalue weighted by Gasteiger charge is 2.21. The average molecular weight is 314 g/mol. The van der Waals surface area contributed by atoms with Gasteiger partial charge in [-0.1, -0.05) is 24.4 Å². The molecule has 0 atom stereocenters. The van der Waals surface area contributed by atoms with Crippen LogP contribution in [0.15, 0.2) is 36.4 Å². The molecule has 0 radical (unpaired) electrons. The Bertz CT molecular complexity index is 914. The summed E-state index contributed by atoms with van der Waals surface area (Å²) >= 11 is 5.40.